The van der Waals surface area contributed by atoms with Crippen molar-refractivity contribution < 1.29 is 17.6 Å². The van der Waals surface area contributed by atoms with E-state index >= 15 is 0 Å². The van der Waals surface area contributed by atoms with Gasteiger partial charge in [-0.1, -0.05) is 0 Å². The molecule has 2 heterocycles. The highest BCUT2D eigenvalue weighted by Gasteiger charge is 2.37. The van der Waals surface area contributed by atoms with Gasteiger partial charge in [-0.3, -0.25) is 0 Å². The van der Waals surface area contributed by atoms with Crippen molar-refractivity contribution in [3.8, 4) is 10.8 Å². The third kappa shape index (κ3) is 2.24. The minimum absolute atomic E-state index is 0.0183. The molecule has 0 radical (unpaired) electrons. The predicted molar refractivity (Wildman–Crippen MR) is 53.6 cm³/mol. The van der Waals surface area contributed by atoms with Crippen molar-refractivity contribution >= 4 is 16.3 Å². The summed E-state index contributed by atoms with van der Waals surface area (Å²) in [5, 5.41) is 2.47. The molecule has 0 aliphatic carbocycles. The molecule has 88 valence electrons. The third-order valence-electron chi connectivity index (χ3n) is 1.75. The van der Waals surface area contributed by atoms with Crippen LogP contribution in [-0.2, 0) is 6.18 Å². The first kappa shape index (κ1) is 11.5. The van der Waals surface area contributed by atoms with Gasteiger partial charge in [-0.25, -0.2) is 4.98 Å². The lowest BCUT2D eigenvalue weighted by Gasteiger charge is -2.01. The van der Waals surface area contributed by atoms with E-state index in [0.717, 1.165) is 0 Å². The molecule has 2 aromatic heterocycles. The van der Waals surface area contributed by atoms with Crippen LogP contribution in [0, 0.1) is 0 Å². The normalized spacial score (nSPS) is 11.2. The summed E-state index contributed by atoms with van der Waals surface area (Å²) in [6.07, 6.45) is -3.35. The Hall–Kier alpha value is -1.99. The summed E-state index contributed by atoms with van der Waals surface area (Å²) >= 11 is 0.623. The molecule has 5 nitrogen and oxygen atoms in total. The van der Waals surface area contributed by atoms with Gasteiger partial charge in [0.15, 0.2) is 16.5 Å². The molecule has 0 spiro atoms. The number of aromatic nitrogens is 1. The van der Waals surface area contributed by atoms with Crippen LogP contribution < -0.4 is 0 Å². The highest BCUT2D eigenvalue weighted by atomic mass is 32.1. The van der Waals surface area contributed by atoms with Crippen LogP contribution in [0.5, 0.6) is 0 Å². The molecule has 0 unspecified atom stereocenters. The minimum Gasteiger partial charge on any atom is -0.462 e. The fraction of sp³-hybridized carbons (Fsp3) is 0.125. The number of hydrogen-bond acceptors (Lipinski definition) is 4. The van der Waals surface area contributed by atoms with E-state index in [-0.39, 0.29) is 10.8 Å². The van der Waals surface area contributed by atoms with Gasteiger partial charge in [-0.05, 0) is 22.8 Å². The van der Waals surface area contributed by atoms with Crippen molar-refractivity contribution in [2.75, 3.05) is 0 Å². The van der Waals surface area contributed by atoms with E-state index in [1.807, 2.05) is 0 Å². The lowest BCUT2D eigenvalue weighted by atomic mass is 10.4. The molecule has 0 atom stereocenters. The van der Waals surface area contributed by atoms with Crippen molar-refractivity contribution in [1.82, 2.24) is 4.98 Å². The maximum absolute atomic E-state index is 12.6. The van der Waals surface area contributed by atoms with E-state index in [1.165, 1.54) is 18.4 Å². The Balaban J connectivity index is 2.56. The van der Waals surface area contributed by atoms with E-state index < -0.39 is 16.9 Å². The number of rotatable bonds is 2. The number of halogens is 3. The minimum atomic E-state index is -4.66. The number of hydrogen-bond donors (Lipinski definition) is 0. The largest absolute Gasteiger partial charge is 0.462 e. The average molecular weight is 260 g/mol. The van der Waals surface area contributed by atoms with Gasteiger partial charge >= 0.3 is 6.18 Å². The van der Waals surface area contributed by atoms with Gasteiger partial charge in [-0.2, -0.15) is 13.2 Å². The van der Waals surface area contributed by atoms with Crippen LogP contribution in [0.4, 0.5) is 18.2 Å². The summed E-state index contributed by atoms with van der Waals surface area (Å²) in [5.74, 6) is 0.194. The summed E-state index contributed by atoms with van der Waals surface area (Å²) in [5.41, 5.74) is 6.99. The molecule has 0 bridgehead atoms. The van der Waals surface area contributed by atoms with Gasteiger partial charge < -0.3 is 4.42 Å². The Morgan fingerprint density at radius 2 is 2.24 bits per heavy atom. The highest BCUT2D eigenvalue weighted by Crippen LogP contribution is 2.42. The molecule has 0 aromatic carbocycles. The molecule has 17 heavy (non-hydrogen) atoms. The van der Waals surface area contributed by atoms with Crippen LogP contribution in [0.2, 0.25) is 0 Å². The maximum atomic E-state index is 12.6. The van der Waals surface area contributed by atoms with Gasteiger partial charge in [0.25, 0.3) is 0 Å². The van der Waals surface area contributed by atoms with Crippen LogP contribution in [0.3, 0.4) is 0 Å². The molecule has 0 saturated carbocycles. The zero-order valence-electron chi connectivity index (χ0n) is 7.97. The third-order valence-corrected chi connectivity index (χ3v) is 2.70. The van der Waals surface area contributed by atoms with Crippen LogP contribution in [0.1, 0.15) is 5.69 Å². The fourth-order valence-electron chi connectivity index (χ4n) is 1.11. The SMILES string of the molecule is [N-]=[N+]=Nc1sc(-c2ccco2)nc1C(F)(F)F. The Morgan fingerprint density at radius 1 is 1.47 bits per heavy atom. The second-order valence-electron chi connectivity index (χ2n) is 2.84. The zero-order chi connectivity index (χ0) is 12.5. The molecule has 0 saturated heterocycles. The van der Waals surface area contributed by atoms with E-state index in [1.54, 1.807) is 0 Å². The Morgan fingerprint density at radius 3 is 2.76 bits per heavy atom. The summed E-state index contributed by atoms with van der Waals surface area (Å²) in [4.78, 5) is 5.72. The zero-order valence-corrected chi connectivity index (χ0v) is 8.79. The molecule has 2 rings (SSSR count). The molecule has 0 fully saturated rings. The smallest absolute Gasteiger partial charge is 0.434 e. The van der Waals surface area contributed by atoms with Crippen molar-refractivity contribution in [2.24, 2.45) is 5.11 Å². The molecule has 9 heteroatoms. The molecule has 0 aliphatic rings. The summed E-state index contributed by atoms with van der Waals surface area (Å²) in [6.45, 7) is 0. The van der Waals surface area contributed by atoms with Crippen LogP contribution in [0.15, 0.2) is 27.9 Å². The van der Waals surface area contributed by atoms with E-state index in [9.17, 15) is 13.2 Å². The quantitative estimate of drug-likeness (QED) is 0.457. The molecule has 0 aliphatic heterocycles. The monoisotopic (exact) mass is 260 g/mol. The Bertz CT molecular complexity index is 568. The summed E-state index contributed by atoms with van der Waals surface area (Å²) in [6, 6.07) is 3.00. The second kappa shape index (κ2) is 4.11. The van der Waals surface area contributed by atoms with Gasteiger partial charge in [-0.15, -0.1) is 11.3 Å². The lowest BCUT2D eigenvalue weighted by Crippen LogP contribution is -2.05. The molecule has 0 N–H and O–H groups in total. The highest BCUT2D eigenvalue weighted by molar-refractivity contribution is 7.18. The van der Waals surface area contributed by atoms with Crippen LogP contribution in [0.25, 0.3) is 21.2 Å². The summed E-state index contributed by atoms with van der Waals surface area (Å²) < 4.78 is 42.6. The van der Waals surface area contributed by atoms with Crippen molar-refractivity contribution in [3.05, 3.63) is 34.5 Å². The topological polar surface area (TPSA) is 74.8 Å². The fourth-order valence-corrected chi connectivity index (χ4v) is 1.98. The number of thiazole rings is 1. The van der Waals surface area contributed by atoms with Crippen molar-refractivity contribution in [2.45, 2.75) is 6.18 Å². The number of nitrogens with zero attached hydrogens (tertiary/aromatic N) is 4. The van der Waals surface area contributed by atoms with Gasteiger partial charge in [0.1, 0.15) is 5.00 Å². The second-order valence-corrected chi connectivity index (χ2v) is 3.81. The van der Waals surface area contributed by atoms with E-state index in [0.29, 0.717) is 11.3 Å². The van der Waals surface area contributed by atoms with Crippen LogP contribution >= 0.6 is 11.3 Å². The lowest BCUT2D eigenvalue weighted by molar-refractivity contribution is -0.140. The van der Waals surface area contributed by atoms with E-state index in [4.69, 9.17) is 9.95 Å². The van der Waals surface area contributed by atoms with Gasteiger partial charge in [0, 0.05) is 4.91 Å². The number of furan rings is 1. The van der Waals surface area contributed by atoms with E-state index in [2.05, 4.69) is 15.0 Å². The van der Waals surface area contributed by atoms with Crippen molar-refractivity contribution in [1.29, 1.82) is 0 Å². The number of azide groups is 1. The average Bonchev–Trinajstić information content (AvgIpc) is 2.82. The van der Waals surface area contributed by atoms with Gasteiger partial charge in [0.05, 0.1) is 6.26 Å². The van der Waals surface area contributed by atoms with Gasteiger partial charge in [0.2, 0.25) is 0 Å². The maximum Gasteiger partial charge on any atom is 0.434 e. The first-order valence-electron chi connectivity index (χ1n) is 4.19. The summed E-state index contributed by atoms with van der Waals surface area (Å²) in [7, 11) is 0. The first-order valence-corrected chi connectivity index (χ1v) is 5.01. The molecular weight excluding hydrogens is 257 g/mol. The Labute approximate surface area is 96.1 Å². The number of alkyl halides is 3. The van der Waals surface area contributed by atoms with Crippen molar-refractivity contribution in [3.63, 3.8) is 0 Å². The molecular formula is C8H3F3N4OS. The molecule has 2 aromatic rings. The Kier molecular flexibility index (Phi) is 2.78. The van der Waals surface area contributed by atoms with Crippen LogP contribution in [-0.4, -0.2) is 4.98 Å². The standard InChI is InChI=1S/C8H3F3N4OS/c9-8(10,11)5-7(14-15-12)17-6(13-5)4-2-1-3-16-4/h1-3H. The first-order chi connectivity index (χ1) is 8.02. The molecule has 0 amide bonds. The predicted octanol–water partition coefficient (Wildman–Crippen LogP) is 4.36.